The van der Waals surface area contributed by atoms with E-state index < -0.39 is 61.6 Å². The number of hydrogen-bond acceptors (Lipinski definition) is 26. The Morgan fingerprint density at radius 1 is 0.380 bits per heavy atom. The highest BCUT2D eigenvalue weighted by Crippen LogP contribution is 2.39. The normalized spacial score (nSPS) is 11.3. The van der Waals surface area contributed by atoms with Crippen LogP contribution in [0.3, 0.4) is 0 Å². The Kier molecular flexibility index (Phi) is 42.7. The van der Waals surface area contributed by atoms with Crippen LogP contribution in [0.15, 0.2) is 78.9 Å². The molecule has 4 aromatic rings. The van der Waals surface area contributed by atoms with Gasteiger partial charge >= 0.3 is 35.8 Å². The van der Waals surface area contributed by atoms with Gasteiger partial charge in [-0.2, -0.15) is 0 Å². The molecule has 27 nitrogen and oxygen atoms in total. The molecule has 0 aliphatic heterocycles. The summed E-state index contributed by atoms with van der Waals surface area (Å²) in [5, 5.41) is 2.87. The second-order valence-electron chi connectivity index (χ2n) is 23.8. The molecular formula is C73H105N3O24. The molecule has 0 spiro atoms. The van der Waals surface area contributed by atoms with Crippen molar-refractivity contribution in [3.05, 3.63) is 123 Å². The minimum atomic E-state index is -2.05. The summed E-state index contributed by atoms with van der Waals surface area (Å²) in [6.45, 7) is 9.27. The van der Waals surface area contributed by atoms with Crippen molar-refractivity contribution in [3.63, 3.8) is 0 Å². The van der Waals surface area contributed by atoms with Gasteiger partial charge in [0.2, 0.25) is 5.75 Å². The summed E-state index contributed by atoms with van der Waals surface area (Å²) in [4.78, 5) is 97.8. The van der Waals surface area contributed by atoms with E-state index in [9.17, 15) is 28.8 Å². The summed E-state index contributed by atoms with van der Waals surface area (Å²) in [6, 6.07) is 22.8. The Balaban J connectivity index is 1.66. The number of hydrogen-bond donors (Lipinski definition) is 1. The van der Waals surface area contributed by atoms with Crippen molar-refractivity contribution in [2.45, 2.75) is 78.4 Å². The van der Waals surface area contributed by atoms with Crippen LogP contribution in [-0.2, 0) is 92.1 Å². The Morgan fingerprint density at radius 2 is 0.740 bits per heavy atom. The average Bonchev–Trinajstić information content (AvgIpc) is 0.804. The number of carbonyl (C=O) groups excluding carboxylic acids is 7. The third-order valence-electron chi connectivity index (χ3n) is 14.1. The predicted molar refractivity (Wildman–Crippen MR) is 367 cm³/mol. The minimum absolute atomic E-state index is 0.00152. The third kappa shape index (κ3) is 38.1. The Hall–Kier alpha value is -7.83. The summed E-state index contributed by atoms with van der Waals surface area (Å²) in [7, 11) is 9.17. The molecule has 0 atom stereocenters. The maximum Gasteiger partial charge on any atom is 0.338 e. The number of carbonyl (C=O) groups is 7. The van der Waals surface area contributed by atoms with Crippen molar-refractivity contribution in [1.29, 1.82) is 0 Å². The van der Waals surface area contributed by atoms with Gasteiger partial charge in [0.25, 0.3) is 5.91 Å². The highest BCUT2D eigenvalue weighted by Gasteiger charge is 2.39. The molecular weight excluding hydrogens is 1300 g/mol. The van der Waals surface area contributed by atoms with Gasteiger partial charge in [-0.25, -0.2) is 9.59 Å². The third-order valence-corrected chi connectivity index (χ3v) is 14.1. The van der Waals surface area contributed by atoms with Crippen molar-refractivity contribution >= 4 is 41.7 Å². The van der Waals surface area contributed by atoms with Gasteiger partial charge in [0.15, 0.2) is 11.5 Å². The van der Waals surface area contributed by atoms with Crippen LogP contribution in [0.2, 0.25) is 0 Å². The maximum absolute atomic E-state index is 15.3. The van der Waals surface area contributed by atoms with Crippen molar-refractivity contribution in [2.75, 3.05) is 200 Å². The lowest BCUT2D eigenvalue weighted by molar-refractivity contribution is -0.152. The van der Waals surface area contributed by atoms with E-state index in [1.165, 1.54) is 19.2 Å². The minimum Gasteiger partial charge on any atom is -0.487 e. The number of aryl methyl sites for hydroxylation is 4. The number of nitrogens with zero attached hydrogens (tertiary/aromatic N) is 2. The van der Waals surface area contributed by atoms with E-state index in [0.717, 1.165) is 40.9 Å². The number of ether oxygens (including phenoxy) is 17. The van der Waals surface area contributed by atoms with Crippen molar-refractivity contribution in [3.8, 4) is 17.2 Å². The largest absolute Gasteiger partial charge is 0.487 e. The molecule has 0 unspecified atom stereocenters. The van der Waals surface area contributed by atoms with E-state index in [4.69, 9.17) is 80.5 Å². The molecule has 0 aromatic heterocycles. The fraction of sp³-hybridized carbons (Fsp3) is 0.575. The van der Waals surface area contributed by atoms with Gasteiger partial charge < -0.3 is 95.6 Å². The van der Waals surface area contributed by atoms with Crippen LogP contribution in [0.25, 0.3) is 0 Å². The van der Waals surface area contributed by atoms with Gasteiger partial charge in [-0.1, -0.05) is 64.7 Å². The molecule has 0 aliphatic carbocycles. The fourth-order valence-electron chi connectivity index (χ4n) is 9.30. The molecule has 4 rings (SSSR count). The lowest BCUT2D eigenvalue weighted by atomic mass is 10.0. The zero-order valence-corrected chi connectivity index (χ0v) is 59.8. The first-order valence-corrected chi connectivity index (χ1v) is 33.6. The summed E-state index contributed by atoms with van der Waals surface area (Å²) in [5.74, 6) is -4.69. The molecule has 0 bridgehead atoms. The lowest BCUT2D eigenvalue weighted by Gasteiger charge is -2.33. The van der Waals surface area contributed by atoms with E-state index in [2.05, 4.69) is 5.32 Å². The SMILES string of the molecule is COCCOC(=O)CCC(=O)OCC(COC(=O)c1cc(C)cc(C)c1)(COC(=O)c1cc(C)cc(C)c1)NC(=O)c1cc(OCCOCCOCCOC(=O)CCCN(C)C)c(OCCOCCOCCOCc2ccccc2)c(OCCOCCOCCOC(=O)CCCN(C)C)c1. The van der Waals surface area contributed by atoms with E-state index in [0.29, 0.717) is 45.5 Å². The first-order valence-electron chi connectivity index (χ1n) is 33.6. The van der Waals surface area contributed by atoms with Gasteiger partial charge in [-0.3, -0.25) is 24.0 Å². The van der Waals surface area contributed by atoms with Crippen LogP contribution in [0.1, 0.15) is 97.4 Å². The van der Waals surface area contributed by atoms with Crippen LogP contribution < -0.4 is 19.5 Å². The Morgan fingerprint density at radius 3 is 1.16 bits per heavy atom. The zero-order chi connectivity index (χ0) is 72.6. The number of rotatable bonds is 56. The number of amides is 1. The van der Waals surface area contributed by atoms with Crippen LogP contribution in [-0.4, -0.2) is 257 Å². The number of benzene rings is 4. The van der Waals surface area contributed by atoms with Crippen molar-refractivity contribution in [1.82, 2.24) is 15.1 Å². The van der Waals surface area contributed by atoms with Crippen LogP contribution in [0, 0.1) is 27.7 Å². The Bertz CT molecular complexity index is 2860. The smallest absolute Gasteiger partial charge is 0.338 e. The predicted octanol–water partition coefficient (Wildman–Crippen LogP) is 6.84. The monoisotopic (exact) mass is 1410 g/mol. The van der Waals surface area contributed by atoms with E-state index in [1.807, 2.05) is 108 Å². The van der Waals surface area contributed by atoms with Gasteiger partial charge in [0.05, 0.1) is 123 Å². The highest BCUT2D eigenvalue weighted by atomic mass is 16.6. The molecule has 100 heavy (non-hydrogen) atoms. The van der Waals surface area contributed by atoms with Gasteiger partial charge in [0.1, 0.15) is 65.0 Å². The first-order chi connectivity index (χ1) is 48.2. The number of methoxy groups -OCH3 is 1. The van der Waals surface area contributed by atoms with E-state index in [-0.39, 0.29) is 171 Å². The first kappa shape index (κ1) is 84.6. The van der Waals surface area contributed by atoms with Crippen LogP contribution in [0.5, 0.6) is 17.2 Å². The number of esters is 6. The van der Waals surface area contributed by atoms with E-state index in [1.54, 1.807) is 24.3 Å². The molecule has 1 N–H and O–H groups in total. The summed E-state index contributed by atoms with van der Waals surface area (Å²) < 4.78 is 97.7. The molecule has 0 saturated carbocycles. The van der Waals surface area contributed by atoms with Gasteiger partial charge in [0, 0.05) is 25.5 Å². The molecule has 0 heterocycles. The Labute approximate surface area is 588 Å². The topological polar surface area (TPSA) is 295 Å². The summed E-state index contributed by atoms with van der Waals surface area (Å²) >= 11 is 0. The van der Waals surface area contributed by atoms with Gasteiger partial charge in [-0.15, -0.1) is 0 Å². The zero-order valence-electron chi connectivity index (χ0n) is 59.8. The van der Waals surface area contributed by atoms with Crippen molar-refractivity contribution < 1.29 is 114 Å². The van der Waals surface area contributed by atoms with E-state index >= 15 is 4.79 Å². The standard InChI is InChI=1S/C73H105N3O24/c1-55-43-56(2)46-61(45-55)71(82)99-53-73(52-98-68(80)20-19-67(79)94-37-23-84-9,54-100-72(83)62-47-57(3)44-58(4)48-62)74-70(81)60-49-63(92-38-32-86-26-28-88-34-40-95-65(77)17-13-21-75(5)6)69(97-42-36-90-25-24-85-30-31-91-51-59-15-11-10-12-16-59)64(50-60)93-39-33-87-27-29-89-35-41-96-66(78)18-14-22-76(7)8/h10-12,15-16,43-50H,13-14,17-42,51-54H2,1-9H3,(H,74,81). The highest BCUT2D eigenvalue weighted by molar-refractivity contribution is 5.96. The second kappa shape index (κ2) is 50.5. The molecule has 0 fully saturated rings. The summed E-state index contributed by atoms with van der Waals surface area (Å²) in [5.41, 5.74) is 2.27. The molecule has 0 aliphatic rings. The lowest BCUT2D eigenvalue weighted by Crippen LogP contribution is -2.59. The second-order valence-corrected chi connectivity index (χ2v) is 23.8. The average molecular weight is 1410 g/mol. The molecule has 1 amide bonds. The fourth-order valence-corrected chi connectivity index (χ4v) is 9.30. The van der Waals surface area contributed by atoms with Crippen molar-refractivity contribution in [2.24, 2.45) is 0 Å². The van der Waals surface area contributed by atoms with Gasteiger partial charge in [-0.05, 0) is 124 Å². The summed E-state index contributed by atoms with van der Waals surface area (Å²) in [6.07, 6.45) is 1.11. The molecule has 556 valence electrons. The maximum atomic E-state index is 15.3. The number of nitrogens with one attached hydrogen (secondary N) is 1. The molecule has 0 saturated heterocycles. The molecule has 27 heteroatoms. The quantitative estimate of drug-likeness (QED) is 0.0269. The molecule has 4 aromatic carbocycles. The van der Waals surface area contributed by atoms with Crippen LogP contribution >= 0.6 is 0 Å². The molecule has 0 radical (unpaired) electrons. The van der Waals surface area contributed by atoms with Crippen LogP contribution in [0.4, 0.5) is 0 Å².